The van der Waals surface area contributed by atoms with Crippen molar-refractivity contribution in [3.8, 4) is 0 Å². The summed E-state index contributed by atoms with van der Waals surface area (Å²) in [7, 11) is 0. The van der Waals surface area contributed by atoms with Crippen LogP contribution in [0, 0.1) is 0 Å². The van der Waals surface area contributed by atoms with E-state index in [1.54, 1.807) is 0 Å². The van der Waals surface area contributed by atoms with Crippen molar-refractivity contribution in [3.63, 3.8) is 0 Å². The molecular formula is C61H116O6. The lowest BCUT2D eigenvalue weighted by Gasteiger charge is -2.18. The first kappa shape index (κ1) is 65.1. The molecule has 0 heterocycles. The van der Waals surface area contributed by atoms with Gasteiger partial charge in [0.15, 0.2) is 6.10 Å². The van der Waals surface area contributed by atoms with Crippen LogP contribution in [0.15, 0.2) is 12.2 Å². The lowest BCUT2D eigenvalue weighted by molar-refractivity contribution is -0.167. The standard InChI is InChI=1S/C61H116O6/c1-4-7-10-13-16-19-22-25-28-30-32-33-36-39-42-45-48-51-54-60(63)66-57-58(56-65-59(62)53-50-47-44-41-38-35-27-24-21-18-15-12-9-6-3)67-61(64)55-52-49-46-43-40-37-34-31-29-26-23-20-17-14-11-8-5-2/h32-33,58H,4-31,34-57H2,1-3H3/b33-32-. The molecule has 0 aliphatic rings. The van der Waals surface area contributed by atoms with Crippen LogP contribution in [0.3, 0.4) is 0 Å². The number of allylic oxidation sites excluding steroid dienone is 2. The maximum atomic E-state index is 12.9. The fourth-order valence-corrected chi connectivity index (χ4v) is 9.21. The normalized spacial score (nSPS) is 12.0. The maximum absolute atomic E-state index is 12.9. The van der Waals surface area contributed by atoms with Crippen LogP contribution in [0.5, 0.6) is 0 Å². The van der Waals surface area contributed by atoms with Crippen LogP contribution in [0.2, 0.25) is 0 Å². The molecule has 0 amide bonds. The fourth-order valence-electron chi connectivity index (χ4n) is 9.21. The summed E-state index contributed by atoms with van der Waals surface area (Å²) < 4.78 is 16.9. The molecular weight excluding hydrogens is 829 g/mol. The number of carbonyl (C=O) groups is 3. The van der Waals surface area contributed by atoms with Crippen LogP contribution in [0.1, 0.15) is 342 Å². The first-order valence-corrected chi connectivity index (χ1v) is 30.2. The zero-order valence-electron chi connectivity index (χ0n) is 45.5. The molecule has 6 nitrogen and oxygen atoms in total. The molecule has 0 saturated heterocycles. The number of rotatable bonds is 56. The van der Waals surface area contributed by atoms with Crippen molar-refractivity contribution in [2.75, 3.05) is 13.2 Å². The lowest BCUT2D eigenvalue weighted by Crippen LogP contribution is -2.30. The third-order valence-corrected chi connectivity index (χ3v) is 13.8. The van der Waals surface area contributed by atoms with Gasteiger partial charge in [-0.2, -0.15) is 0 Å². The molecule has 0 saturated carbocycles. The minimum Gasteiger partial charge on any atom is -0.462 e. The van der Waals surface area contributed by atoms with Crippen LogP contribution >= 0.6 is 0 Å². The van der Waals surface area contributed by atoms with E-state index in [1.165, 1.54) is 238 Å². The molecule has 67 heavy (non-hydrogen) atoms. The first-order valence-electron chi connectivity index (χ1n) is 30.2. The Kier molecular flexibility index (Phi) is 55.2. The average molecular weight is 946 g/mol. The highest BCUT2D eigenvalue weighted by Gasteiger charge is 2.19. The lowest BCUT2D eigenvalue weighted by atomic mass is 10.0. The Morgan fingerprint density at radius 3 is 0.746 bits per heavy atom. The largest absolute Gasteiger partial charge is 0.462 e. The number of esters is 3. The minimum absolute atomic E-state index is 0.0663. The molecule has 0 aromatic rings. The second-order valence-electron chi connectivity index (χ2n) is 20.6. The minimum atomic E-state index is -0.768. The van der Waals surface area contributed by atoms with Crippen LogP contribution in [0.25, 0.3) is 0 Å². The van der Waals surface area contributed by atoms with E-state index in [0.717, 1.165) is 64.2 Å². The van der Waals surface area contributed by atoms with Crippen molar-refractivity contribution in [2.45, 2.75) is 348 Å². The molecule has 0 aromatic carbocycles. The smallest absolute Gasteiger partial charge is 0.306 e. The van der Waals surface area contributed by atoms with E-state index < -0.39 is 6.10 Å². The fraction of sp³-hybridized carbons (Fsp3) is 0.918. The van der Waals surface area contributed by atoms with E-state index in [4.69, 9.17) is 14.2 Å². The predicted molar refractivity (Wildman–Crippen MR) is 289 cm³/mol. The van der Waals surface area contributed by atoms with E-state index in [2.05, 4.69) is 32.9 Å². The molecule has 0 N–H and O–H groups in total. The van der Waals surface area contributed by atoms with Crippen molar-refractivity contribution in [1.29, 1.82) is 0 Å². The van der Waals surface area contributed by atoms with E-state index in [9.17, 15) is 14.4 Å². The van der Waals surface area contributed by atoms with Crippen molar-refractivity contribution in [3.05, 3.63) is 12.2 Å². The molecule has 6 heteroatoms. The Balaban J connectivity index is 4.31. The highest BCUT2D eigenvalue weighted by Crippen LogP contribution is 2.17. The molecule has 1 atom stereocenters. The van der Waals surface area contributed by atoms with Gasteiger partial charge in [0, 0.05) is 19.3 Å². The van der Waals surface area contributed by atoms with Gasteiger partial charge in [-0.1, -0.05) is 290 Å². The summed E-state index contributed by atoms with van der Waals surface area (Å²) in [5.41, 5.74) is 0. The summed E-state index contributed by atoms with van der Waals surface area (Å²) in [6.07, 6.45) is 64.9. The van der Waals surface area contributed by atoms with Gasteiger partial charge in [0.05, 0.1) is 0 Å². The number of hydrogen-bond acceptors (Lipinski definition) is 6. The van der Waals surface area contributed by atoms with Crippen LogP contribution in [-0.2, 0) is 28.6 Å². The number of ether oxygens (including phenoxy) is 3. The van der Waals surface area contributed by atoms with Crippen molar-refractivity contribution in [2.24, 2.45) is 0 Å². The Bertz CT molecular complexity index is 1040. The van der Waals surface area contributed by atoms with E-state index >= 15 is 0 Å². The van der Waals surface area contributed by atoms with Gasteiger partial charge < -0.3 is 14.2 Å². The van der Waals surface area contributed by atoms with E-state index in [1.807, 2.05) is 0 Å². The third kappa shape index (κ3) is 55.0. The number of carbonyl (C=O) groups excluding carboxylic acids is 3. The molecule has 0 fully saturated rings. The Morgan fingerprint density at radius 2 is 0.493 bits per heavy atom. The third-order valence-electron chi connectivity index (χ3n) is 13.8. The van der Waals surface area contributed by atoms with Gasteiger partial charge in [0.1, 0.15) is 13.2 Å². The molecule has 0 aliphatic heterocycles. The SMILES string of the molecule is CCCCCCCCCCC/C=C\CCCCCCCC(=O)OCC(COC(=O)CCCCCCCCCCCCCCCC)OC(=O)CCCCCCCCCCCCCCCCCCC. The number of hydrogen-bond donors (Lipinski definition) is 0. The quantitative estimate of drug-likeness (QED) is 0.0262. The molecule has 1 unspecified atom stereocenters. The van der Waals surface area contributed by atoms with Gasteiger partial charge >= 0.3 is 17.9 Å². The molecule has 0 radical (unpaired) electrons. The Labute approximate surface area is 418 Å². The zero-order chi connectivity index (χ0) is 48.6. The Hall–Kier alpha value is -1.85. The highest BCUT2D eigenvalue weighted by atomic mass is 16.6. The summed E-state index contributed by atoms with van der Waals surface area (Å²) in [5, 5.41) is 0. The zero-order valence-corrected chi connectivity index (χ0v) is 45.5. The van der Waals surface area contributed by atoms with Crippen LogP contribution in [0.4, 0.5) is 0 Å². The maximum Gasteiger partial charge on any atom is 0.306 e. The van der Waals surface area contributed by atoms with Gasteiger partial charge in [0.25, 0.3) is 0 Å². The van der Waals surface area contributed by atoms with Crippen molar-refractivity contribution < 1.29 is 28.6 Å². The van der Waals surface area contributed by atoms with Crippen molar-refractivity contribution >= 4 is 17.9 Å². The first-order chi connectivity index (χ1) is 33.0. The summed E-state index contributed by atoms with van der Waals surface area (Å²) in [4.78, 5) is 38.2. The second kappa shape index (κ2) is 56.7. The second-order valence-corrected chi connectivity index (χ2v) is 20.6. The number of unbranched alkanes of at least 4 members (excludes halogenated alkanes) is 43. The predicted octanol–water partition coefficient (Wildman–Crippen LogP) is 20.1. The molecule has 396 valence electrons. The van der Waals surface area contributed by atoms with Gasteiger partial charge in [-0.15, -0.1) is 0 Å². The van der Waals surface area contributed by atoms with E-state index in [-0.39, 0.29) is 31.1 Å². The molecule has 0 aromatic heterocycles. The highest BCUT2D eigenvalue weighted by molar-refractivity contribution is 5.71. The summed E-state index contributed by atoms with van der Waals surface area (Å²) in [6, 6.07) is 0. The topological polar surface area (TPSA) is 78.9 Å². The summed E-state index contributed by atoms with van der Waals surface area (Å²) in [6.45, 7) is 6.70. The van der Waals surface area contributed by atoms with E-state index in [0.29, 0.717) is 19.3 Å². The van der Waals surface area contributed by atoms with Gasteiger partial charge in [-0.05, 0) is 44.9 Å². The van der Waals surface area contributed by atoms with Gasteiger partial charge in [-0.3, -0.25) is 14.4 Å². The molecule has 0 spiro atoms. The Morgan fingerprint density at radius 1 is 0.284 bits per heavy atom. The van der Waals surface area contributed by atoms with Gasteiger partial charge in [-0.25, -0.2) is 0 Å². The van der Waals surface area contributed by atoms with Crippen molar-refractivity contribution in [1.82, 2.24) is 0 Å². The van der Waals surface area contributed by atoms with Crippen LogP contribution < -0.4 is 0 Å². The summed E-state index contributed by atoms with van der Waals surface area (Å²) in [5.74, 6) is -0.848. The molecule has 0 bridgehead atoms. The van der Waals surface area contributed by atoms with Gasteiger partial charge in [0.2, 0.25) is 0 Å². The molecule has 0 aliphatic carbocycles. The van der Waals surface area contributed by atoms with Crippen LogP contribution in [-0.4, -0.2) is 37.2 Å². The summed E-state index contributed by atoms with van der Waals surface area (Å²) >= 11 is 0. The monoisotopic (exact) mass is 945 g/mol. The average Bonchev–Trinajstić information content (AvgIpc) is 3.33. The molecule has 0 rings (SSSR count).